The molecule has 1 rings (SSSR count). The fraction of sp³-hybridized carbons (Fsp3) is 0.538. The summed E-state index contributed by atoms with van der Waals surface area (Å²) in [5.74, 6) is 1.19. The van der Waals surface area contributed by atoms with Crippen molar-refractivity contribution in [2.75, 3.05) is 20.3 Å². The van der Waals surface area contributed by atoms with Crippen LogP contribution in [0.5, 0.6) is 11.5 Å². The monoisotopic (exact) mass is 273 g/mol. The summed E-state index contributed by atoms with van der Waals surface area (Å²) >= 11 is 6.16. The number of halogens is 1. The van der Waals surface area contributed by atoms with Crippen LogP contribution < -0.4 is 14.8 Å². The summed E-state index contributed by atoms with van der Waals surface area (Å²) in [5, 5.41) is 12.7. The molecule has 4 nitrogen and oxygen atoms in total. The van der Waals surface area contributed by atoms with Gasteiger partial charge in [-0.2, -0.15) is 0 Å². The molecular weight excluding hydrogens is 254 g/mol. The van der Waals surface area contributed by atoms with E-state index in [0.717, 1.165) is 5.56 Å². The third kappa shape index (κ3) is 4.05. The summed E-state index contributed by atoms with van der Waals surface area (Å²) in [6.45, 7) is 5.06. The maximum Gasteiger partial charge on any atom is 0.179 e. The molecule has 0 saturated carbocycles. The number of methoxy groups -OCH3 is 1. The minimum Gasteiger partial charge on any atom is -0.493 e. The Balaban J connectivity index is 2.85. The lowest BCUT2D eigenvalue weighted by Gasteiger charge is -2.15. The zero-order chi connectivity index (χ0) is 13.5. The number of ether oxygens (including phenoxy) is 2. The van der Waals surface area contributed by atoms with Crippen LogP contribution in [0.4, 0.5) is 0 Å². The van der Waals surface area contributed by atoms with Crippen molar-refractivity contribution < 1.29 is 14.6 Å². The normalized spacial score (nSPS) is 12.3. The molecule has 18 heavy (non-hydrogen) atoms. The van der Waals surface area contributed by atoms with Crippen molar-refractivity contribution in [2.45, 2.75) is 26.4 Å². The Labute approximate surface area is 113 Å². The quantitative estimate of drug-likeness (QED) is 0.800. The van der Waals surface area contributed by atoms with Crippen molar-refractivity contribution in [1.29, 1.82) is 0 Å². The predicted molar refractivity (Wildman–Crippen MR) is 72.6 cm³/mol. The molecule has 102 valence electrons. The Morgan fingerprint density at radius 3 is 2.72 bits per heavy atom. The van der Waals surface area contributed by atoms with Gasteiger partial charge in [-0.05, 0) is 31.5 Å². The van der Waals surface area contributed by atoms with E-state index < -0.39 is 0 Å². The van der Waals surface area contributed by atoms with Crippen molar-refractivity contribution >= 4 is 11.6 Å². The molecule has 5 heteroatoms. The van der Waals surface area contributed by atoms with Gasteiger partial charge in [0, 0.05) is 12.6 Å². The SMILES string of the molecule is CCOc1c(Cl)cc(CN[C@H](C)CO)cc1OC. The Morgan fingerprint density at radius 2 is 2.17 bits per heavy atom. The van der Waals surface area contributed by atoms with Crippen LogP contribution in [0.15, 0.2) is 12.1 Å². The summed E-state index contributed by atoms with van der Waals surface area (Å²) in [6.07, 6.45) is 0. The van der Waals surface area contributed by atoms with Crippen LogP contribution in [-0.4, -0.2) is 31.5 Å². The number of hydrogen-bond acceptors (Lipinski definition) is 4. The molecule has 0 saturated heterocycles. The molecule has 0 bridgehead atoms. The van der Waals surface area contributed by atoms with Gasteiger partial charge in [-0.15, -0.1) is 0 Å². The minimum absolute atomic E-state index is 0.0429. The Morgan fingerprint density at radius 1 is 1.44 bits per heavy atom. The van der Waals surface area contributed by atoms with Crippen molar-refractivity contribution in [2.24, 2.45) is 0 Å². The van der Waals surface area contributed by atoms with Gasteiger partial charge in [0.25, 0.3) is 0 Å². The second-order valence-electron chi connectivity index (χ2n) is 4.01. The third-order valence-electron chi connectivity index (χ3n) is 2.51. The van der Waals surface area contributed by atoms with Gasteiger partial charge in [0.15, 0.2) is 11.5 Å². The van der Waals surface area contributed by atoms with E-state index in [0.29, 0.717) is 29.7 Å². The van der Waals surface area contributed by atoms with Crippen LogP contribution >= 0.6 is 11.6 Å². The zero-order valence-corrected chi connectivity index (χ0v) is 11.8. The van der Waals surface area contributed by atoms with Gasteiger partial charge in [0.2, 0.25) is 0 Å². The molecule has 0 aliphatic rings. The van der Waals surface area contributed by atoms with Crippen LogP contribution in [0, 0.1) is 0 Å². The minimum atomic E-state index is 0.0429. The fourth-order valence-corrected chi connectivity index (χ4v) is 1.80. The van der Waals surface area contributed by atoms with Gasteiger partial charge in [0.1, 0.15) is 0 Å². The molecule has 2 N–H and O–H groups in total. The topological polar surface area (TPSA) is 50.7 Å². The molecule has 1 aromatic carbocycles. The molecule has 0 spiro atoms. The van der Waals surface area contributed by atoms with Gasteiger partial charge in [-0.1, -0.05) is 11.6 Å². The highest BCUT2D eigenvalue weighted by molar-refractivity contribution is 6.32. The Hall–Kier alpha value is -0.970. The van der Waals surface area contributed by atoms with Gasteiger partial charge >= 0.3 is 0 Å². The van der Waals surface area contributed by atoms with Gasteiger partial charge in [0.05, 0.1) is 25.3 Å². The van der Waals surface area contributed by atoms with Crippen molar-refractivity contribution in [3.8, 4) is 11.5 Å². The van der Waals surface area contributed by atoms with E-state index in [4.69, 9.17) is 26.2 Å². The second kappa shape index (κ2) is 7.46. The average molecular weight is 274 g/mol. The summed E-state index contributed by atoms with van der Waals surface area (Å²) in [5.41, 5.74) is 0.987. The number of nitrogens with one attached hydrogen (secondary N) is 1. The largest absolute Gasteiger partial charge is 0.493 e. The molecule has 0 aliphatic heterocycles. The van der Waals surface area contributed by atoms with E-state index in [1.165, 1.54) is 0 Å². The van der Waals surface area contributed by atoms with E-state index in [1.54, 1.807) is 7.11 Å². The molecule has 0 heterocycles. The van der Waals surface area contributed by atoms with Crippen LogP contribution in [0.3, 0.4) is 0 Å². The van der Waals surface area contributed by atoms with Crippen molar-refractivity contribution in [1.82, 2.24) is 5.32 Å². The van der Waals surface area contributed by atoms with Crippen LogP contribution in [0.1, 0.15) is 19.4 Å². The molecule has 0 fully saturated rings. The number of aliphatic hydroxyl groups is 1. The Kier molecular flexibility index (Phi) is 6.25. The molecule has 1 atom stereocenters. The Bertz CT molecular complexity index is 385. The molecule has 0 aromatic heterocycles. The first-order chi connectivity index (χ1) is 8.62. The first kappa shape index (κ1) is 15.1. The summed E-state index contributed by atoms with van der Waals surface area (Å²) in [4.78, 5) is 0. The summed E-state index contributed by atoms with van der Waals surface area (Å²) in [7, 11) is 1.59. The summed E-state index contributed by atoms with van der Waals surface area (Å²) in [6, 6.07) is 3.77. The third-order valence-corrected chi connectivity index (χ3v) is 2.79. The summed E-state index contributed by atoms with van der Waals surface area (Å²) < 4.78 is 10.7. The van der Waals surface area contributed by atoms with Crippen molar-refractivity contribution in [3.63, 3.8) is 0 Å². The van der Waals surface area contributed by atoms with Crippen LogP contribution in [0.25, 0.3) is 0 Å². The highest BCUT2D eigenvalue weighted by Gasteiger charge is 2.11. The first-order valence-electron chi connectivity index (χ1n) is 5.95. The number of benzene rings is 1. The maximum atomic E-state index is 8.95. The molecular formula is C13H20ClNO3. The zero-order valence-electron chi connectivity index (χ0n) is 11.0. The van der Waals surface area contributed by atoms with E-state index in [1.807, 2.05) is 26.0 Å². The van der Waals surface area contributed by atoms with Crippen LogP contribution in [0.2, 0.25) is 5.02 Å². The standard InChI is InChI=1S/C13H20ClNO3/c1-4-18-13-11(14)5-10(6-12(13)17-3)7-15-9(2)8-16/h5-6,9,15-16H,4,7-8H2,1-3H3/t9-/m1/s1. The molecule has 1 aromatic rings. The van der Waals surface area contributed by atoms with E-state index in [-0.39, 0.29) is 12.6 Å². The number of hydrogen-bond donors (Lipinski definition) is 2. The lowest BCUT2D eigenvalue weighted by atomic mass is 10.2. The van der Waals surface area contributed by atoms with Gasteiger partial charge < -0.3 is 19.9 Å². The maximum absolute atomic E-state index is 8.95. The molecule has 0 amide bonds. The lowest BCUT2D eigenvalue weighted by Crippen LogP contribution is -2.28. The first-order valence-corrected chi connectivity index (χ1v) is 6.33. The number of aliphatic hydroxyl groups excluding tert-OH is 1. The van der Waals surface area contributed by atoms with Crippen molar-refractivity contribution in [3.05, 3.63) is 22.7 Å². The van der Waals surface area contributed by atoms with E-state index in [9.17, 15) is 0 Å². The smallest absolute Gasteiger partial charge is 0.179 e. The van der Waals surface area contributed by atoms with E-state index in [2.05, 4.69) is 5.32 Å². The molecule has 0 unspecified atom stereocenters. The highest BCUT2D eigenvalue weighted by Crippen LogP contribution is 2.36. The van der Waals surface area contributed by atoms with E-state index >= 15 is 0 Å². The highest BCUT2D eigenvalue weighted by atomic mass is 35.5. The van der Waals surface area contributed by atoms with Gasteiger partial charge in [-0.25, -0.2) is 0 Å². The molecule has 0 radical (unpaired) electrons. The average Bonchev–Trinajstić information content (AvgIpc) is 2.38. The van der Waals surface area contributed by atoms with Gasteiger partial charge in [-0.3, -0.25) is 0 Å². The lowest BCUT2D eigenvalue weighted by molar-refractivity contribution is 0.251. The second-order valence-corrected chi connectivity index (χ2v) is 4.41. The molecule has 0 aliphatic carbocycles. The fourth-order valence-electron chi connectivity index (χ4n) is 1.52. The predicted octanol–water partition coefficient (Wildman–Crippen LogP) is 2.22. The number of rotatable bonds is 7. The van der Waals surface area contributed by atoms with Crippen LogP contribution in [-0.2, 0) is 6.54 Å².